The highest BCUT2D eigenvalue weighted by atomic mass is 35.5. The molecule has 9 heteroatoms. The van der Waals surface area contributed by atoms with Gasteiger partial charge in [0.15, 0.2) is 6.61 Å². The number of aliphatic imine (C=N–C) groups is 1. The quantitative estimate of drug-likeness (QED) is 0.724. The SMILES string of the molecule is O=C(COc1cccc(Cl)c1)Nc1cccc(S(=O)(=O)NC2=NCCCCC2)c1. The van der Waals surface area contributed by atoms with Crippen LogP contribution in [0.4, 0.5) is 5.69 Å². The van der Waals surface area contributed by atoms with Gasteiger partial charge >= 0.3 is 0 Å². The molecule has 0 spiro atoms. The van der Waals surface area contributed by atoms with Crippen molar-refractivity contribution in [2.75, 3.05) is 18.5 Å². The number of amides is 1. The van der Waals surface area contributed by atoms with Gasteiger partial charge in [0, 0.05) is 23.7 Å². The molecular weight excluding hydrogens is 414 g/mol. The zero-order valence-corrected chi connectivity index (χ0v) is 17.3. The van der Waals surface area contributed by atoms with E-state index in [4.69, 9.17) is 16.3 Å². The third kappa shape index (κ3) is 6.47. The Balaban J connectivity index is 1.62. The van der Waals surface area contributed by atoms with Gasteiger partial charge in [0.05, 0.1) is 4.90 Å². The topological polar surface area (TPSA) is 96.9 Å². The van der Waals surface area contributed by atoms with Gasteiger partial charge < -0.3 is 10.1 Å². The molecule has 154 valence electrons. The molecule has 2 aromatic rings. The highest BCUT2D eigenvalue weighted by Crippen LogP contribution is 2.18. The summed E-state index contributed by atoms with van der Waals surface area (Å²) in [6, 6.07) is 12.8. The van der Waals surface area contributed by atoms with Crippen molar-refractivity contribution in [2.45, 2.75) is 30.6 Å². The van der Waals surface area contributed by atoms with Gasteiger partial charge in [0.2, 0.25) is 0 Å². The number of halogens is 1. The minimum absolute atomic E-state index is 0.0537. The fourth-order valence-electron chi connectivity index (χ4n) is 2.82. The molecule has 0 fully saturated rings. The van der Waals surface area contributed by atoms with Crippen LogP contribution in [0.25, 0.3) is 0 Å². The normalized spacial score (nSPS) is 14.4. The fraction of sp³-hybridized carbons (Fsp3) is 0.300. The van der Waals surface area contributed by atoms with Crippen molar-refractivity contribution in [3.63, 3.8) is 0 Å². The molecule has 1 heterocycles. The molecule has 0 bridgehead atoms. The summed E-state index contributed by atoms with van der Waals surface area (Å²) in [6.07, 6.45) is 3.51. The van der Waals surface area contributed by atoms with Crippen LogP contribution < -0.4 is 14.8 Å². The molecule has 29 heavy (non-hydrogen) atoms. The number of benzene rings is 2. The zero-order chi connectivity index (χ0) is 20.7. The molecule has 1 aliphatic heterocycles. The Hall–Kier alpha value is -2.58. The van der Waals surface area contributed by atoms with Gasteiger partial charge in [-0.25, -0.2) is 8.42 Å². The lowest BCUT2D eigenvalue weighted by molar-refractivity contribution is -0.118. The molecule has 0 saturated carbocycles. The van der Waals surface area contributed by atoms with Crippen LogP contribution in [0.2, 0.25) is 5.02 Å². The van der Waals surface area contributed by atoms with Crippen molar-refractivity contribution in [1.29, 1.82) is 0 Å². The molecule has 2 aromatic carbocycles. The first-order chi connectivity index (χ1) is 13.9. The molecule has 0 saturated heterocycles. The maximum absolute atomic E-state index is 12.7. The van der Waals surface area contributed by atoms with Gasteiger partial charge in [-0.2, -0.15) is 0 Å². The van der Waals surface area contributed by atoms with Crippen molar-refractivity contribution < 1.29 is 17.9 Å². The Morgan fingerprint density at radius 2 is 1.93 bits per heavy atom. The second-order valence-electron chi connectivity index (χ2n) is 6.57. The highest BCUT2D eigenvalue weighted by Gasteiger charge is 2.18. The monoisotopic (exact) mass is 435 g/mol. The molecule has 0 aromatic heterocycles. The van der Waals surface area contributed by atoms with Gasteiger partial charge in [-0.3, -0.25) is 14.5 Å². The summed E-state index contributed by atoms with van der Waals surface area (Å²) < 4.78 is 33.2. The fourth-order valence-corrected chi connectivity index (χ4v) is 4.13. The first-order valence-corrected chi connectivity index (χ1v) is 11.1. The van der Waals surface area contributed by atoms with Gasteiger partial charge in [-0.15, -0.1) is 0 Å². The zero-order valence-electron chi connectivity index (χ0n) is 15.7. The van der Waals surface area contributed by atoms with Gasteiger partial charge in [0.1, 0.15) is 11.6 Å². The van der Waals surface area contributed by atoms with Crippen LogP contribution in [-0.2, 0) is 14.8 Å². The summed E-state index contributed by atoms with van der Waals surface area (Å²) in [5.41, 5.74) is 0.357. The van der Waals surface area contributed by atoms with E-state index in [9.17, 15) is 13.2 Å². The van der Waals surface area contributed by atoms with Crippen LogP contribution in [0.1, 0.15) is 25.7 Å². The molecular formula is C20H22ClN3O4S. The van der Waals surface area contributed by atoms with Crippen molar-refractivity contribution in [3.05, 3.63) is 53.6 Å². The predicted octanol–water partition coefficient (Wildman–Crippen LogP) is 3.61. The van der Waals surface area contributed by atoms with Gasteiger partial charge in [-0.05, 0) is 49.2 Å². The van der Waals surface area contributed by atoms with Crippen LogP contribution in [0.5, 0.6) is 5.75 Å². The Kier molecular flexibility index (Phi) is 7.11. The summed E-state index contributed by atoms with van der Waals surface area (Å²) in [4.78, 5) is 16.5. The summed E-state index contributed by atoms with van der Waals surface area (Å²) in [5, 5.41) is 3.14. The van der Waals surface area contributed by atoms with E-state index < -0.39 is 15.9 Å². The summed E-state index contributed by atoms with van der Waals surface area (Å²) in [6.45, 7) is 0.396. The van der Waals surface area contributed by atoms with E-state index in [1.807, 2.05) is 0 Å². The van der Waals surface area contributed by atoms with E-state index in [1.165, 1.54) is 12.1 Å². The Labute approximate surface area is 175 Å². The van der Waals surface area contributed by atoms with E-state index in [-0.39, 0.29) is 11.5 Å². The molecule has 0 unspecified atom stereocenters. The third-order valence-electron chi connectivity index (χ3n) is 4.22. The van der Waals surface area contributed by atoms with Crippen LogP contribution >= 0.6 is 11.6 Å². The Bertz CT molecular complexity index is 1010. The molecule has 7 nitrogen and oxygen atoms in total. The maximum atomic E-state index is 12.7. The smallest absolute Gasteiger partial charge is 0.262 e. The third-order valence-corrected chi connectivity index (χ3v) is 5.83. The Morgan fingerprint density at radius 1 is 1.10 bits per heavy atom. The number of hydrogen-bond donors (Lipinski definition) is 2. The van der Waals surface area contributed by atoms with E-state index in [2.05, 4.69) is 15.0 Å². The number of nitrogens with zero attached hydrogens (tertiary/aromatic N) is 1. The average Bonchev–Trinajstić information content (AvgIpc) is 2.95. The number of sulfonamides is 1. The van der Waals surface area contributed by atoms with Gasteiger partial charge in [-0.1, -0.05) is 30.2 Å². The van der Waals surface area contributed by atoms with Crippen molar-refractivity contribution in [3.8, 4) is 5.75 Å². The van der Waals surface area contributed by atoms with Crippen LogP contribution in [0.3, 0.4) is 0 Å². The van der Waals surface area contributed by atoms with Crippen LogP contribution in [-0.4, -0.2) is 33.3 Å². The minimum atomic E-state index is -3.77. The Morgan fingerprint density at radius 3 is 2.76 bits per heavy atom. The van der Waals surface area contributed by atoms with Gasteiger partial charge in [0.25, 0.3) is 15.9 Å². The number of ether oxygens (including phenoxy) is 1. The lowest BCUT2D eigenvalue weighted by atomic mass is 10.2. The summed E-state index contributed by atoms with van der Waals surface area (Å²) in [7, 11) is -3.77. The molecule has 1 aliphatic rings. The van der Waals surface area contributed by atoms with E-state index >= 15 is 0 Å². The standard InChI is InChI=1S/C20H22ClN3O4S/c21-15-6-4-8-17(12-15)28-14-20(25)23-16-7-5-9-18(13-16)29(26,27)24-19-10-2-1-3-11-22-19/h4-9,12-13H,1-3,10-11,14H2,(H,22,24)(H,23,25). The molecule has 0 aliphatic carbocycles. The number of nitrogens with one attached hydrogen (secondary N) is 2. The predicted molar refractivity (Wildman–Crippen MR) is 113 cm³/mol. The van der Waals surface area contributed by atoms with E-state index in [1.54, 1.807) is 36.4 Å². The highest BCUT2D eigenvalue weighted by molar-refractivity contribution is 7.90. The maximum Gasteiger partial charge on any atom is 0.262 e. The number of carbonyl (C=O) groups is 1. The summed E-state index contributed by atoms with van der Waals surface area (Å²) in [5.74, 6) is 0.532. The number of hydrogen-bond acceptors (Lipinski definition) is 5. The molecule has 0 radical (unpaired) electrons. The first-order valence-electron chi connectivity index (χ1n) is 9.27. The number of rotatable bonds is 6. The summed E-state index contributed by atoms with van der Waals surface area (Å²) >= 11 is 5.88. The van der Waals surface area contributed by atoms with Crippen molar-refractivity contribution in [1.82, 2.24) is 4.72 Å². The first kappa shape index (κ1) is 21.1. The number of anilines is 1. The second kappa shape index (κ2) is 9.76. The second-order valence-corrected chi connectivity index (χ2v) is 8.69. The molecule has 3 rings (SSSR count). The van der Waals surface area contributed by atoms with E-state index in [0.717, 1.165) is 19.3 Å². The largest absolute Gasteiger partial charge is 0.484 e. The molecule has 0 atom stereocenters. The van der Waals surface area contributed by atoms with E-state index in [0.29, 0.717) is 35.3 Å². The molecule has 1 amide bonds. The van der Waals surface area contributed by atoms with Crippen LogP contribution in [0.15, 0.2) is 58.4 Å². The lowest BCUT2D eigenvalue weighted by Crippen LogP contribution is -2.30. The molecule has 2 N–H and O–H groups in total. The average molecular weight is 436 g/mol. The number of carbonyl (C=O) groups excluding carboxylic acids is 1. The van der Waals surface area contributed by atoms with Crippen molar-refractivity contribution in [2.24, 2.45) is 4.99 Å². The number of amidine groups is 1. The lowest BCUT2D eigenvalue weighted by Gasteiger charge is -2.12. The minimum Gasteiger partial charge on any atom is -0.484 e. The van der Waals surface area contributed by atoms with Crippen LogP contribution in [0, 0.1) is 0 Å². The van der Waals surface area contributed by atoms with Crippen molar-refractivity contribution >= 4 is 39.1 Å².